The van der Waals surface area contributed by atoms with Gasteiger partial charge in [0.25, 0.3) is 0 Å². The van der Waals surface area contributed by atoms with Crippen molar-refractivity contribution in [2.45, 2.75) is 6.92 Å². The number of nitrogens with one attached hydrogen (secondary N) is 1. The molecule has 1 fully saturated rings. The van der Waals surface area contributed by atoms with E-state index in [0.717, 1.165) is 45.0 Å². The molecule has 0 spiro atoms. The highest BCUT2D eigenvalue weighted by Crippen LogP contribution is 1.94. The molecule has 0 aliphatic carbocycles. The fourth-order valence-corrected chi connectivity index (χ4v) is 1.44. The van der Waals surface area contributed by atoms with Crippen molar-refractivity contribution >= 4 is 5.96 Å². The number of morpholine rings is 1. The van der Waals surface area contributed by atoms with E-state index in [9.17, 15) is 0 Å². The quantitative estimate of drug-likeness (QED) is 0.387. The zero-order chi connectivity index (χ0) is 11.8. The van der Waals surface area contributed by atoms with Crippen molar-refractivity contribution in [3.63, 3.8) is 0 Å². The molecule has 1 heterocycles. The minimum absolute atomic E-state index is 0.497. The van der Waals surface area contributed by atoms with E-state index in [4.69, 9.17) is 10.5 Å². The molecule has 0 amide bonds. The van der Waals surface area contributed by atoms with E-state index in [2.05, 4.69) is 21.8 Å². The molecule has 0 unspecified atom stereocenters. The van der Waals surface area contributed by atoms with Crippen LogP contribution in [-0.2, 0) is 4.74 Å². The summed E-state index contributed by atoms with van der Waals surface area (Å²) in [6, 6.07) is 0. The second-order valence-electron chi connectivity index (χ2n) is 4.04. The van der Waals surface area contributed by atoms with Crippen molar-refractivity contribution in [1.29, 1.82) is 0 Å². The standard InChI is InChI=1S/C11H22N4O/c1-10(2)9-14-11(12)13-3-4-15-5-7-16-8-6-15/h1,3-9H2,2H3,(H3,12,13,14). The Hall–Kier alpha value is -1.07. The van der Waals surface area contributed by atoms with E-state index in [1.54, 1.807) is 0 Å². The minimum Gasteiger partial charge on any atom is -0.379 e. The normalized spacial score (nSPS) is 18.4. The zero-order valence-corrected chi connectivity index (χ0v) is 10.0. The van der Waals surface area contributed by atoms with Gasteiger partial charge in [-0.15, -0.1) is 0 Å². The van der Waals surface area contributed by atoms with Crippen LogP contribution < -0.4 is 11.1 Å². The highest BCUT2D eigenvalue weighted by molar-refractivity contribution is 5.77. The van der Waals surface area contributed by atoms with Crippen molar-refractivity contribution in [2.75, 3.05) is 45.9 Å². The van der Waals surface area contributed by atoms with E-state index in [0.29, 0.717) is 12.5 Å². The first-order valence-corrected chi connectivity index (χ1v) is 5.67. The molecule has 1 saturated heterocycles. The topological polar surface area (TPSA) is 62.9 Å². The first-order valence-electron chi connectivity index (χ1n) is 5.67. The molecule has 1 aliphatic rings. The smallest absolute Gasteiger partial charge is 0.188 e. The fourth-order valence-electron chi connectivity index (χ4n) is 1.44. The van der Waals surface area contributed by atoms with Gasteiger partial charge in [-0.05, 0) is 6.92 Å². The molecule has 5 nitrogen and oxygen atoms in total. The van der Waals surface area contributed by atoms with Gasteiger partial charge < -0.3 is 15.8 Å². The summed E-state index contributed by atoms with van der Waals surface area (Å²) in [6.45, 7) is 11.8. The molecule has 1 rings (SSSR count). The molecule has 1 aliphatic heterocycles. The first kappa shape index (κ1) is 13.0. The van der Waals surface area contributed by atoms with Gasteiger partial charge in [0.15, 0.2) is 5.96 Å². The van der Waals surface area contributed by atoms with Crippen molar-refractivity contribution in [1.82, 2.24) is 10.2 Å². The number of hydrogen-bond acceptors (Lipinski definition) is 3. The molecule has 92 valence electrons. The monoisotopic (exact) mass is 226 g/mol. The van der Waals surface area contributed by atoms with Crippen molar-refractivity contribution < 1.29 is 4.74 Å². The van der Waals surface area contributed by atoms with Gasteiger partial charge in [-0.25, -0.2) is 4.99 Å². The third-order valence-electron chi connectivity index (χ3n) is 2.36. The van der Waals surface area contributed by atoms with Gasteiger partial charge in [0.2, 0.25) is 0 Å². The third kappa shape index (κ3) is 5.72. The van der Waals surface area contributed by atoms with Crippen molar-refractivity contribution in [2.24, 2.45) is 10.7 Å². The lowest BCUT2D eigenvalue weighted by molar-refractivity contribution is 0.0389. The minimum atomic E-state index is 0.497. The van der Waals surface area contributed by atoms with Gasteiger partial charge >= 0.3 is 0 Å². The number of rotatable bonds is 5. The predicted molar refractivity (Wildman–Crippen MR) is 66.6 cm³/mol. The summed E-state index contributed by atoms with van der Waals surface area (Å²) in [7, 11) is 0. The number of guanidine groups is 1. The molecule has 0 aromatic carbocycles. The average molecular weight is 226 g/mol. The Morgan fingerprint density at radius 1 is 1.50 bits per heavy atom. The molecule has 0 aromatic heterocycles. The summed E-state index contributed by atoms with van der Waals surface area (Å²) >= 11 is 0. The maximum absolute atomic E-state index is 5.69. The number of nitrogens with two attached hydrogens (primary N) is 1. The first-order chi connectivity index (χ1) is 7.68. The van der Waals surface area contributed by atoms with E-state index in [1.807, 2.05) is 6.92 Å². The number of aliphatic imine (C=N–C) groups is 1. The Kier molecular flexibility index (Phi) is 5.88. The highest BCUT2D eigenvalue weighted by atomic mass is 16.5. The molecule has 3 N–H and O–H groups in total. The molecule has 0 bridgehead atoms. The fraction of sp³-hybridized carbons (Fsp3) is 0.727. The van der Waals surface area contributed by atoms with E-state index in [1.165, 1.54) is 0 Å². The molecular formula is C11H22N4O. The maximum atomic E-state index is 5.69. The lowest BCUT2D eigenvalue weighted by Gasteiger charge is -2.26. The zero-order valence-electron chi connectivity index (χ0n) is 10.0. The van der Waals surface area contributed by atoms with Gasteiger partial charge in [0.05, 0.1) is 19.8 Å². The maximum Gasteiger partial charge on any atom is 0.188 e. The summed E-state index contributed by atoms with van der Waals surface area (Å²) in [4.78, 5) is 6.50. The summed E-state index contributed by atoms with van der Waals surface area (Å²) in [6.07, 6.45) is 0. The third-order valence-corrected chi connectivity index (χ3v) is 2.36. The number of hydrogen-bond donors (Lipinski definition) is 2. The van der Waals surface area contributed by atoms with Crippen LogP contribution >= 0.6 is 0 Å². The summed E-state index contributed by atoms with van der Waals surface area (Å²) < 4.78 is 5.27. The van der Waals surface area contributed by atoms with Gasteiger partial charge in [-0.2, -0.15) is 0 Å². The summed E-state index contributed by atoms with van der Waals surface area (Å²) in [5, 5.41) is 3.09. The Morgan fingerprint density at radius 3 is 2.81 bits per heavy atom. The largest absolute Gasteiger partial charge is 0.379 e. The van der Waals surface area contributed by atoms with Crippen LogP contribution in [0.3, 0.4) is 0 Å². The lowest BCUT2D eigenvalue weighted by atomic mass is 10.4. The van der Waals surface area contributed by atoms with Crippen LogP contribution in [0.5, 0.6) is 0 Å². The Morgan fingerprint density at radius 2 is 2.19 bits per heavy atom. The van der Waals surface area contributed by atoms with Gasteiger partial charge in [0, 0.05) is 26.2 Å². The molecule has 16 heavy (non-hydrogen) atoms. The van der Waals surface area contributed by atoms with E-state index >= 15 is 0 Å². The van der Waals surface area contributed by atoms with Crippen LogP contribution in [0, 0.1) is 0 Å². The average Bonchev–Trinajstić information content (AvgIpc) is 2.28. The summed E-state index contributed by atoms with van der Waals surface area (Å²) in [5.41, 5.74) is 6.70. The lowest BCUT2D eigenvalue weighted by Crippen LogP contribution is -2.43. The molecule has 0 aromatic rings. The Labute approximate surface area is 97.4 Å². The van der Waals surface area contributed by atoms with Crippen LogP contribution in [-0.4, -0.2) is 56.8 Å². The van der Waals surface area contributed by atoms with Crippen LogP contribution in [0.4, 0.5) is 0 Å². The molecule has 5 heteroatoms. The number of ether oxygens (including phenoxy) is 1. The van der Waals surface area contributed by atoms with Crippen LogP contribution in [0.1, 0.15) is 6.92 Å². The van der Waals surface area contributed by atoms with Gasteiger partial charge in [0.1, 0.15) is 0 Å². The Balaban J connectivity index is 2.09. The van der Waals surface area contributed by atoms with Crippen molar-refractivity contribution in [3.8, 4) is 0 Å². The van der Waals surface area contributed by atoms with Crippen LogP contribution in [0.15, 0.2) is 17.1 Å². The predicted octanol–water partition coefficient (Wildman–Crippen LogP) is -0.201. The SMILES string of the molecule is C=C(C)CN=C(N)NCCN1CCOCC1. The van der Waals surface area contributed by atoms with Gasteiger partial charge in [-0.3, -0.25) is 4.90 Å². The molecule has 0 radical (unpaired) electrons. The molecule has 0 saturated carbocycles. The molecular weight excluding hydrogens is 204 g/mol. The Bertz CT molecular complexity index is 246. The van der Waals surface area contributed by atoms with E-state index in [-0.39, 0.29) is 0 Å². The second-order valence-corrected chi connectivity index (χ2v) is 4.04. The summed E-state index contributed by atoms with van der Waals surface area (Å²) in [5.74, 6) is 0.497. The van der Waals surface area contributed by atoms with Gasteiger partial charge in [-0.1, -0.05) is 12.2 Å². The molecule has 0 atom stereocenters. The number of nitrogens with zero attached hydrogens (tertiary/aromatic N) is 2. The van der Waals surface area contributed by atoms with E-state index < -0.39 is 0 Å². The van der Waals surface area contributed by atoms with Crippen LogP contribution in [0.25, 0.3) is 0 Å². The highest BCUT2D eigenvalue weighted by Gasteiger charge is 2.08. The van der Waals surface area contributed by atoms with Crippen molar-refractivity contribution in [3.05, 3.63) is 12.2 Å². The second kappa shape index (κ2) is 7.24. The van der Waals surface area contributed by atoms with Crippen LogP contribution in [0.2, 0.25) is 0 Å².